The molecule has 4 aliphatic carbocycles. The summed E-state index contributed by atoms with van der Waals surface area (Å²) in [6.07, 6.45) is 11.8. The van der Waals surface area contributed by atoms with Crippen molar-refractivity contribution in [3.05, 3.63) is 12.2 Å². The monoisotopic (exact) mass is 285 g/mol. The molecule has 4 aliphatic rings. The quantitative estimate of drug-likeness (QED) is 0.560. The van der Waals surface area contributed by atoms with Crippen molar-refractivity contribution in [2.75, 3.05) is 0 Å². The van der Waals surface area contributed by atoms with Crippen LogP contribution in [-0.4, -0.2) is 5.71 Å². The molecule has 0 heterocycles. The highest BCUT2D eigenvalue weighted by atomic mass is 14.6. The predicted molar refractivity (Wildman–Crippen MR) is 88.6 cm³/mol. The van der Waals surface area contributed by atoms with Gasteiger partial charge >= 0.3 is 0 Å². The summed E-state index contributed by atoms with van der Waals surface area (Å²) in [5, 5.41) is 8.09. The molecule has 4 rings (SSSR count). The lowest BCUT2D eigenvalue weighted by Gasteiger charge is -2.60. The minimum atomic E-state index is 0.464. The van der Waals surface area contributed by atoms with Gasteiger partial charge in [-0.25, -0.2) is 0 Å². The molecule has 21 heavy (non-hydrogen) atoms. The summed E-state index contributed by atoms with van der Waals surface area (Å²) in [6.45, 7) is 9.54. The molecule has 0 radical (unpaired) electrons. The molecular weight excluding hydrogens is 254 g/mol. The van der Waals surface area contributed by atoms with Gasteiger partial charge in [-0.3, -0.25) is 0 Å². The number of hydrogen-bond donors (Lipinski definition) is 1. The van der Waals surface area contributed by atoms with Crippen LogP contribution in [0.4, 0.5) is 0 Å². The van der Waals surface area contributed by atoms with Crippen LogP contribution in [0, 0.1) is 39.9 Å². The van der Waals surface area contributed by atoms with Crippen molar-refractivity contribution in [2.45, 2.75) is 71.6 Å². The van der Waals surface area contributed by atoms with Gasteiger partial charge in [0.25, 0.3) is 0 Å². The maximum Gasteiger partial charge on any atom is 0.00923 e. The maximum atomic E-state index is 8.09. The first kappa shape index (κ1) is 14.0. The average molecular weight is 285 g/mol. The molecule has 0 aromatic heterocycles. The Morgan fingerprint density at radius 3 is 2.62 bits per heavy atom. The van der Waals surface area contributed by atoms with E-state index in [0.29, 0.717) is 10.8 Å². The predicted octanol–water partition coefficient (Wildman–Crippen LogP) is 5.61. The largest absolute Gasteiger partial charge is 0.310 e. The molecule has 0 aliphatic heterocycles. The van der Waals surface area contributed by atoms with Crippen LogP contribution in [0.25, 0.3) is 0 Å². The van der Waals surface area contributed by atoms with Crippen molar-refractivity contribution in [1.29, 1.82) is 5.41 Å². The highest BCUT2D eigenvalue weighted by molar-refractivity contribution is 5.82. The Bertz CT molecular complexity index is 492. The fraction of sp³-hybridized carbons (Fsp3) is 0.850. The SMILES string of the molecule is C=C1CCC2C3CCC4CC(=N)CC[C@]4(C)C3CC[C@]12C. The summed E-state index contributed by atoms with van der Waals surface area (Å²) in [5.41, 5.74) is 3.60. The molecular formula is C20H31N. The van der Waals surface area contributed by atoms with E-state index in [2.05, 4.69) is 20.4 Å². The first-order chi connectivity index (χ1) is 9.95. The van der Waals surface area contributed by atoms with E-state index in [0.717, 1.165) is 42.2 Å². The third kappa shape index (κ3) is 1.79. The van der Waals surface area contributed by atoms with Crippen molar-refractivity contribution < 1.29 is 0 Å². The van der Waals surface area contributed by atoms with Crippen LogP contribution in [0.15, 0.2) is 12.2 Å². The highest BCUT2D eigenvalue weighted by Gasteiger charge is 2.58. The molecule has 1 nitrogen and oxygen atoms in total. The van der Waals surface area contributed by atoms with Crippen molar-refractivity contribution >= 4 is 5.71 Å². The summed E-state index contributed by atoms with van der Waals surface area (Å²) in [5.74, 6) is 3.63. The van der Waals surface area contributed by atoms with E-state index < -0.39 is 0 Å². The zero-order valence-electron chi connectivity index (χ0n) is 13.9. The van der Waals surface area contributed by atoms with Crippen molar-refractivity contribution in [1.82, 2.24) is 0 Å². The van der Waals surface area contributed by atoms with Crippen molar-refractivity contribution in [3.63, 3.8) is 0 Å². The number of nitrogens with one attached hydrogen (secondary N) is 1. The summed E-state index contributed by atoms with van der Waals surface area (Å²) < 4.78 is 0. The number of fused-ring (bicyclic) bond motifs is 5. The molecule has 0 bridgehead atoms. The Morgan fingerprint density at radius 2 is 1.81 bits per heavy atom. The normalized spacial score (nSPS) is 53.0. The zero-order valence-corrected chi connectivity index (χ0v) is 13.9. The van der Waals surface area contributed by atoms with Crippen molar-refractivity contribution in [3.8, 4) is 0 Å². The van der Waals surface area contributed by atoms with Crippen LogP contribution in [0.3, 0.4) is 0 Å². The van der Waals surface area contributed by atoms with Gasteiger partial charge in [0.1, 0.15) is 0 Å². The van der Waals surface area contributed by atoms with Crippen LogP contribution < -0.4 is 0 Å². The van der Waals surface area contributed by atoms with Gasteiger partial charge in [-0.05, 0) is 92.3 Å². The van der Waals surface area contributed by atoms with Gasteiger partial charge in [-0.15, -0.1) is 0 Å². The van der Waals surface area contributed by atoms with E-state index >= 15 is 0 Å². The molecule has 0 spiro atoms. The van der Waals surface area contributed by atoms with E-state index in [-0.39, 0.29) is 0 Å². The average Bonchev–Trinajstić information content (AvgIpc) is 2.76. The number of hydrogen-bond acceptors (Lipinski definition) is 1. The van der Waals surface area contributed by atoms with Gasteiger partial charge in [0.05, 0.1) is 0 Å². The van der Waals surface area contributed by atoms with E-state index in [1.165, 1.54) is 44.9 Å². The molecule has 0 saturated heterocycles. The van der Waals surface area contributed by atoms with Gasteiger partial charge < -0.3 is 5.41 Å². The Balaban J connectivity index is 1.65. The van der Waals surface area contributed by atoms with Crippen LogP contribution >= 0.6 is 0 Å². The molecule has 6 atom stereocenters. The Morgan fingerprint density at radius 1 is 1.00 bits per heavy atom. The third-order valence-corrected chi connectivity index (χ3v) is 8.48. The fourth-order valence-corrected chi connectivity index (χ4v) is 6.99. The summed E-state index contributed by atoms with van der Waals surface area (Å²) >= 11 is 0. The standard InChI is InChI=1S/C20H31N/c1-13-4-7-17-16-6-5-14-12-15(21)8-10-20(14,3)18(16)9-11-19(13,17)2/h14,16-18,21H,1,4-12H2,2-3H3/t14?,16?,17?,18?,19-,20+/m1/s1. The first-order valence-electron chi connectivity index (χ1n) is 9.20. The fourth-order valence-electron chi connectivity index (χ4n) is 6.99. The van der Waals surface area contributed by atoms with Gasteiger partial charge in [0.2, 0.25) is 0 Å². The van der Waals surface area contributed by atoms with Gasteiger partial charge in [0.15, 0.2) is 0 Å². The van der Waals surface area contributed by atoms with E-state index in [4.69, 9.17) is 5.41 Å². The number of allylic oxidation sites excluding steroid dienone is 1. The summed E-state index contributed by atoms with van der Waals surface area (Å²) in [6, 6.07) is 0. The van der Waals surface area contributed by atoms with Crippen LogP contribution in [0.2, 0.25) is 0 Å². The minimum Gasteiger partial charge on any atom is -0.310 e. The van der Waals surface area contributed by atoms with Crippen LogP contribution in [0.5, 0.6) is 0 Å². The third-order valence-electron chi connectivity index (χ3n) is 8.48. The van der Waals surface area contributed by atoms with Gasteiger partial charge in [-0.1, -0.05) is 26.0 Å². The Kier molecular flexibility index (Phi) is 2.98. The maximum absolute atomic E-state index is 8.09. The summed E-state index contributed by atoms with van der Waals surface area (Å²) in [4.78, 5) is 0. The lowest BCUT2D eigenvalue weighted by Crippen LogP contribution is -2.52. The minimum absolute atomic E-state index is 0.464. The van der Waals surface area contributed by atoms with E-state index in [9.17, 15) is 0 Å². The second-order valence-corrected chi connectivity index (χ2v) is 9.06. The molecule has 4 unspecified atom stereocenters. The van der Waals surface area contributed by atoms with E-state index in [1.807, 2.05) is 0 Å². The lowest BCUT2D eigenvalue weighted by atomic mass is 9.45. The molecule has 0 amide bonds. The van der Waals surface area contributed by atoms with Gasteiger partial charge in [-0.2, -0.15) is 0 Å². The topological polar surface area (TPSA) is 23.9 Å². The molecule has 1 heteroatoms. The molecule has 0 aromatic carbocycles. The van der Waals surface area contributed by atoms with Crippen LogP contribution in [-0.2, 0) is 0 Å². The smallest absolute Gasteiger partial charge is 0.00923 e. The molecule has 116 valence electrons. The molecule has 0 aromatic rings. The second-order valence-electron chi connectivity index (χ2n) is 9.06. The second kappa shape index (κ2) is 4.46. The Labute approximate surface area is 130 Å². The molecule has 4 fully saturated rings. The van der Waals surface area contributed by atoms with Crippen LogP contribution in [0.1, 0.15) is 71.6 Å². The zero-order chi connectivity index (χ0) is 14.8. The number of rotatable bonds is 0. The first-order valence-corrected chi connectivity index (χ1v) is 9.20. The molecule has 4 saturated carbocycles. The van der Waals surface area contributed by atoms with Crippen molar-refractivity contribution in [2.24, 2.45) is 34.5 Å². The highest BCUT2D eigenvalue weighted by Crippen LogP contribution is 2.66. The molecule has 1 N–H and O–H groups in total. The van der Waals surface area contributed by atoms with Gasteiger partial charge in [0, 0.05) is 5.71 Å². The summed E-state index contributed by atoms with van der Waals surface area (Å²) in [7, 11) is 0. The lowest BCUT2D eigenvalue weighted by molar-refractivity contribution is -0.0856. The Hall–Kier alpha value is -0.590. The van der Waals surface area contributed by atoms with E-state index in [1.54, 1.807) is 5.57 Å².